The number of esters is 1. The summed E-state index contributed by atoms with van der Waals surface area (Å²) in [7, 11) is 1.30. The Hall–Kier alpha value is -1.60. The largest absolute Gasteiger partial charge is 0.469 e. The van der Waals surface area contributed by atoms with Crippen LogP contribution >= 0.6 is 0 Å². The van der Waals surface area contributed by atoms with Crippen molar-refractivity contribution in [1.29, 1.82) is 0 Å². The summed E-state index contributed by atoms with van der Waals surface area (Å²) < 4.78 is 47.8. The fourth-order valence-corrected chi connectivity index (χ4v) is 2.18. The van der Waals surface area contributed by atoms with E-state index in [1.807, 2.05) is 0 Å². The van der Waals surface area contributed by atoms with Gasteiger partial charge in [0, 0.05) is 13.1 Å². The number of benzene rings is 1. The van der Waals surface area contributed by atoms with Crippen molar-refractivity contribution in [3.8, 4) is 0 Å². The van der Waals surface area contributed by atoms with Crippen LogP contribution < -0.4 is 5.32 Å². The molecule has 2 rings (SSSR count). The normalized spacial score (nSPS) is 22.9. The highest BCUT2D eigenvalue weighted by Crippen LogP contribution is 2.31. The van der Waals surface area contributed by atoms with Gasteiger partial charge >= 0.3 is 12.1 Å². The summed E-state index contributed by atoms with van der Waals surface area (Å²) in [6.07, 6.45) is -4.97. The van der Waals surface area contributed by atoms with Crippen LogP contribution in [0.2, 0.25) is 0 Å². The number of halogens is 3. The molecule has 2 atom stereocenters. The molecule has 0 aromatic heterocycles. The van der Waals surface area contributed by atoms with Crippen molar-refractivity contribution in [2.75, 3.05) is 20.2 Å². The van der Waals surface area contributed by atoms with Crippen molar-refractivity contribution in [1.82, 2.24) is 5.32 Å². The van der Waals surface area contributed by atoms with Crippen LogP contribution in [0.1, 0.15) is 23.7 Å². The van der Waals surface area contributed by atoms with E-state index in [9.17, 15) is 18.0 Å². The molecule has 7 heteroatoms. The first-order valence-corrected chi connectivity index (χ1v) is 6.50. The summed E-state index contributed by atoms with van der Waals surface area (Å²) in [6, 6.07) is 4.86. The van der Waals surface area contributed by atoms with E-state index in [1.54, 1.807) is 0 Å². The minimum absolute atomic E-state index is 0.112. The molecule has 1 aliphatic heterocycles. The number of methoxy groups -OCH3 is 1. The van der Waals surface area contributed by atoms with Crippen molar-refractivity contribution in [3.05, 3.63) is 35.4 Å². The molecule has 1 heterocycles. The third-order valence-electron chi connectivity index (χ3n) is 3.29. The van der Waals surface area contributed by atoms with E-state index in [1.165, 1.54) is 19.2 Å². The number of hydrogen-bond acceptors (Lipinski definition) is 4. The van der Waals surface area contributed by atoms with Crippen molar-refractivity contribution in [2.45, 2.75) is 24.8 Å². The van der Waals surface area contributed by atoms with E-state index in [0.29, 0.717) is 18.7 Å². The maximum atomic E-state index is 12.5. The lowest BCUT2D eigenvalue weighted by Gasteiger charge is -2.30. The van der Waals surface area contributed by atoms with Crippen LogP contribution in [-0.2, 0) is 20.4 Å². The molecule has 0 aliphatic carbocycles. The minimum Gasteiger partial charge on any atom is -0.469 e. The lowest BCUT2D eigenvalue weighted by atomic mass is 10.0. The summed E-state index contributed by atoms with van der Waals surface area (Å²) >= 11 is 0. The molecule has 0 saturated carbocycles. The van der Waals surface area contributed by atoms with Crippen molar-refractivity contribution in [2.24, 2.45) is 0 Å². The first kappa shape index (κ1) is 15.8. The number of hydrogen-bond donors (Lipinski definition) is 1. The van der Waals surface area contributed by atoms with E-state index in [-0.39, 0.29) is 24.6 Å². The quantitative estimate of drug-likeness (QED) is 0.871. The summed E-state index contributed by atoms with van der Waals surface area (Å²) in [5.41, 5.74) is -0.0498. The fraction of sp³-hybridized carbons (Fsp3) is 0.500. The summed E-state index contributed by atoms with van der Waals surface area (Å²) in [5.74, 6) is -0.380. The van der Waals surface area contributed by atoms with Crippen LogP contribution in [0.4, 0.5) is 13.2 Å². The van der Waals surface area contributed by atoms with Crippen LogP contribution in [0, 0.1) is 0 Å². The average molecular weight is 303 g/mol. The fourth-order valence-electron chi connectivity index (χ4n) is 2.18. The lowest BCUT2D eigenvalue weighted by molar-refractivity contribution is -0.146. The second-order valence-electron chi connectivity index (χ2n) is 4.81. The first-order chi connectivity index (χ1) is 9.90. The molecular weight excluding hydrogens is 287 g/mol. The molecule has 0 bridgehead atoms. The number of alkyl halides is 3. The summed E-state index contributed by atoms with van der Waals surface area (Å²) in [6.45, 7) is 0.995. The van der Waals surface area contributed by atoms with E-state index in [4.69, 9.17) is 4.74 Å². The zero-order chi connectivity index (χ0) is 15.5. The molecule has 1 aromatic carbocycles. The van der Waals surface area contributed by atoms with Gasteiger partial charge in [0.15, 0.2) is 0 Å². The topological polar surface area (TPSA) is 47.6 Å². The molecule has 0 amide bonds. The van der Waals surface area contributed by atoms with Crippen molar-refractivity contribution < 1.29 is 27.4 Å². The predicted octanol–water partition coefficient (Wildman–Crippen LogP) is 2.30. The van der Waals surface area contributed by atoms with Crippen molar-refractivity contribution in [3.63, 3.8) is 0 Å². The standard InChI is InChI=1S/C14H16F3NO3/c1-20-13(19)6-11-7-18-8-12(21-11)9-2-4-10(5-3-9)14(15,16)17/h2-5,11-12,18H,6-8H2,1H3/t11-,12-/m0/s1. The SMILES string of the molecule is COC(=O)C[C@H]1CNC[C@@H](c2ccc(C(F)(F)F)cc2)O1. The molecule has 0 spiro atoms. The number of nitrogens with one attached hydrogen (secondary N) is 1. The Labute approximate surface area is 120 Å². The molecule has 1 aromatic rings. The van der Waals surface area contributed by atoms with Crippen LogP contribution in [0.25, 0.3) is 0 Å². The van der Waals surface area contributed by atoms with E-state index in [2.05, 4.69) is 10.1 Å². The Balaban J connectivity index is 2.02. The third kappa shape index (κ3) is 4.18. The summed E-state index contributed by atoms with van der Waals surface area (Å²) in [4.78, 5) is 11.2. The number of ether oxygens (including phenoxy) is 2. The lowest BCUT2D eigenvalue weighted by Crippen LogP contribution is -2.41. The van der Waals surface area contributed by atoms with Gasteiger partial charge in [-0.3, -0.25) is 4.79 Å². The Morgan fingerprint density at radius 2 is 2.00 bits per heavy atom. The van der Waals surface area contributed by atoms with Gasteiger partial charge in [-0.1, -0.05) is 12.1 Å². The monoisotopic (exact) mass is 303 g/mol. The van der Waals surface area contributed by atoms with Crippen LogP contribution in [0.5, 0.6) is 0 Å². The Morgan fingerprint density at radius 1 is 1.33 bits per heavy atom. The third-order valence-corrected chi connectivity index (χ3v) is 3.29. The van der Waals surface area contributed by atoms with E-state index < -0.39 is 11.7 Å². The van der Waals surface area contributed by atoms with Crippen LogP contribution in [0.15, 0.2) is 24.3 Å². The molecule has 0 radical (unpaired) electrons. The van der Waals surface area contributed by atoms with Crippen LogP contribution in [-0.4, -0.2) is 32.3 Å². The average Bonchev–Trinajstić information content (AvgIpc) is 2.46. The molecule has 116 valence electrons. The molecule has 1 aliphatic rings. The smallest absolute Gasteiger partial charge is 0.416 e. The van der Waals surface area contributed by atoms with Gasteiger partial charge in [0.1, 0.15) is 0 Å². The Kier molecular flexibility index (Phi) is 4.84. The van der Waals surface area contributed by atoms with E-state index >= 15 is 0 Å². The zero-order valence-electron chi connectivity index (χ0n) is 11.4. The van der Waals surface area contributed by atoms with Gasteiger partial charge in [0.2, 0.25) is 0 Å². The maximum Gasteiger partial charge on any atom is 0.416 e. The van der Waals surface area contributed by atoms with Crippen molar-refractivity contribution >= 4 is 5.97 Å². The number of morpholine rings is 1. The van der Waals surface area contributed by atoms with Gasteiger partial charge < -0.3 is 14.8 Å². The first-order valence-electron chi connectivity index (χ1n) is 6.50. The highest BCUT2D eigenvalue weighted by Gasteiger charge is 2.31. The molecule has 21 heavy (non-hydrogen) atoms. The van der Waals surface area contributed by atoms with Gasteiger partial charge in [-0.25, -0.2) is 0 Å². The maximum absolute atomic E-state index is 12.5. The molecule has 1 N–H and O–H groups in total. The number of rotatable bonds is 3. The number of carbonyl (C=O) groups excluding carboxylic acids is 1. The Morgan fingerprint density at radius 3 is 2.57 bits per heavy atom. The van der Waals surface area contributed by atoms with Gasteiger partial charge in [-0.2, -0.15) is 13.2 Å². The summed E-state index contributed by atoms with van der Waals surface area (Å²) in [5, 5.41) is 3.10. The van der Waals surface area contributed by atoms with Gasteiger partial charge in [0.05, 0.1) is 31.3 Å². The van der Waals surface area contributed by atoms with E-state index in [0.717, 1.165) is 12.1 Å². The highest BCUT2D eigenvalue weighted by molar-refractivity contribution is 5.69. The zero-order valence-corrected chi connectivity index (χ0v) is 11.4. The molecule has 1 saturated heterocycles. The van der Waals surface area contributed by atoms with Crippen LogP contribution in [0.3, 0.4) is 0 Å². The minimum atomic E-state index is -4.35. The molecule has 1 fully saturated rings. The molecule has 4 nitrogen and oxygen atoms in total. The van der Waals surface area contributed by atoms with Gasteiger partial charge in [-0.05, 0) is 17.7 Å². The Bertz CT molecular complexity index is 487. The predicted molar refractivity (Wildman–Crippen MR) is 68.6 cm³/mol. The number of carbonyl (C=O) groups is 1. The molecule has 0 unspecified atom stereocenters. The van der Waals surface area contributed by atoms with Gasteiger partial charge in [0.25, 0.3) is 0 Å². The molecular formula is C14H16F3NO3. The second kappa shape index (κ2) is 6.44. The second-order valence-corrected chi connectivity index (χ2v) is 4.81. The highest BCUT2D eigenvalue weighted by atomic mass is 19.4. The van der Waals surface area contributed by atoms with Gasteiger partial charge in [-0.15, -0.1) is 0 Å².